The van der Waals surface area contributed by atoms with Gasteiger partial charge in [0.1, 0.15) is 11.6 Å². The highest BCUT2D eigenvalue weighted by atomic mass is 32.2. The molecule has 0 spiro atoms. The van der Waals surface area contributed by atoms with Gasteiger partial charge in [0, 0.05) is 6.07 Å². The fraction of sp³-hybridized carbons (Fsp3) is 0.167. The summed E-state index contributed by atoms with van der Waals surface area (Å²) >= 11 is 1.20. The first kappa shape index (κ1) is 17.0. The van der Waals surface area contributed by atoms with Crippen LogP contribution in [0.1, 0.15) is 18.5 Å². The normalized spacial score (nSPS) is 12.0. The third kappa shape index (κ3) is 4.19. The van der Waals surface area contributed by atoms with Crippen LogP contribution in [-0.4, -0.2) is 21.6 Å². The van der Waals surface area contributed by atoms with Crippen molar-refractivity contribution in [3.8, 4) is 0 Å². The van der Waals surface area contributed by atoms with E-state index >= 15 is 0 Å². The zero-order chi connectivity index (χ0) is 17.8. The van der Waals surface area contributed by atoms with Crippen LogP contribution in [0.4, 0.5) is 11.6 Å². The number of benzene rings is 2. The minimum absolute atomic E-state index is 0.102. The molecule has 6 nitrogen and oxygen atoms in total. The Labute approximate surface area is 150 Å². The molecule has 0 radical (unpaired) electrons. The van der Waals surface area contributed by atoms with Crippen molar-refractivity contribution in [3.05, 3.63) is 54.1 Å². The number of carbonyl (C=O) groups is 1. The highest BCUT2D eigenvalue weighted by molar-refractivity contribution is 7.99. The van der Waals surface area contributed by atoms with Crippen molar-refractivity contribution < 1.29 is 4.79 Å². The van der Waals surface area contributed by atoms with Gasteiger partial charge < -0.3 is 16.8 Å². The van der Waals surface area contributed by atoms with Crippen LogP contribution >= 0.6 is 11.8 Å². The van der Waals surface area contributed by atoms with Crippen LogP contribution in [0.2, 0.25) is 0 Å². The average Bonchev–Trinajstić information content (AvgIpc) is 2.58. The fourth-order valence-electron chi connectivity index (χ4n) is 2.65. The van der Waals surface area contributed by atoms with Gasteiger partial charge in [-0.3, -0.25) is 4.79 Å². The Kier molecular flexibility index (Phi) is 5.04. The number of rotatable bonds is 5. The second kappa shape index (κ2) is 7.40. The third-order valence-electron chi connectivity index (χ3n) is 3.74. The van der Waals surface area contributed by atoms with Gasteiger partial charge in [0.2, 0.25) is 5.91 Å². The molecule has 3 rings (SSSR count). The van der Waals surface area contributed by atoms with Gasteiger partial charge in [0.05, 0.1) is 11.8 Å². The Hall–Kier alpha value is -2.80. The number of hydrogen-bond donors (Lipinski definition) is 3. The summed E-state index contributed by atoms with van der Waals surface area (Å²) in [6.07, 6.45) is 0. The molecule has 0 fully saturated rings. The van der Waals surface area contributed by atoms with Gasteiger partial charge in [-0.2, -0.15) is 0 Å². The molecule has 1 heterocycles. The quantitative estimate of drug-likeness (QED) is 0.481. The van der Waals surface area contributed by atoms with E-state index < -0.39 is 0 Å². The fourth-order valence-corrected chi connectivity index (χ4v) is 3.33. The molecule has 0 aliphatic heterocycles. The summed E-state index contributed by atoms with van der Waals surface area (Å²) in [6, 6.07) is 15.6. The van der Waals surface area contributed by atoms with E-state index in [2.05, 4.69) is 33.5 Å². The highest BCUT2D eigenvalue weighted by Gasteiger charge is 2.13. The van der Waals surface area contributed by atoms with E-state index in [1.54, 1.807) is 0 Å². The molecule has 128 valence electrons. The second-order valence-electron chi connectivity index (χ2n) is 5.65. The predicted molar refractivity (Wildman–Crippen MR) is 102 cm³/mol. The van der Waals surface area contributed by atoms with Crippen LogP contribution in [0.5, 0.6) is 0 Å². The van der Waals surface area contributed by atoms with Crippen LogP contribution in [0.15, 0.2) is 53.7 Å². The van der Waals surface area contributed by atoms with Gasteiger partial charge in [-0.1, -0.05) is 54.2 Å². The average molecular weight is 353 g/mol. The summed E-state index contributed by atoms with van der Waals surface area (Å²) in [5.74, 6) is 0.673. The van der Waals surface area contributed by atoms with E-state index in [1.807, 2.05) is 31.2 Å². The molecule has 0 saturated carbocycles. The van der Waals surface area contributed by atoms with Crippen molar-refractivity contribution in [3.63, 3.8) is 0 Å². The first-order chi connectivity index (χ1) is 12.0. The molecule has 3 aromatic rings. The molecule has 0 aliphatic carbocycles. The molecule has 0 saturated heterocycles. The lowest BCUT2D eigenvalue weighted by molar-refractivity contribution is -0.119. The SMILES string of the molecule is C[C@H](NC(=O)CSc1nc(N)cc(N)n1)c1cccc2ccccc12. The van der Waals surface area contributed by atoms with Crippen molar-refractivity contribution in [1.82, 2.24) is 15.3 Å². The number of nitrogen functional groups attached to an aromatic ring is 2. The molecule has 5 N–H and O–H groups in total. The molecule has 25 heavy (non-hydrogen) atoms. The molecule has 2 aromatic carbocycles. The van der Waals surface area contributed by atoms with E-state index in [9.17, 15) is 4.79 Å². The van der Waals surface area contributed by atoms with Crippen LogP contribution in [0, 0.1) is 0 Å². The van der Waals surface area contributed by atoms with Crippen LogP contribution in [-0.2, 0) is 4.79 Å². The maximum Gasteiger partial charge on any atom is 0.230 e. The molecule has 1 amide bonds. The molecule has 0 bridgehead atoms. The van der Waals surface area contributed by atoms with Crippen LogP contribution < -0.4 is 16.8 Å². The molecule has 1 aromatic heterocycles. The number of anilines is 2. The first-order valence-corrected chi connectivity index (χ1v) is 8.81. The van der Waals surface area contributed by atoms with Gasteiger partial charge in [-0.15, -0.1) is 0 Å². The zero-order valence-corrected chi connectivity index (χ0v) is 14.6. The molecular weight excluding hydrogens is 334 g/mol. The lowest BCUT2D eigenvalue weighted by atomic mass is 10.00. The minimum Gasteiger partial charge on any atom is -0.383 e. The van der Waals surface area contributed by atoms with E-state index in [0.29, 0.717) is 16.8 Å². The van der Waals surface area contributed by atoms with E-state index in [0.717, 1.165) is 16.3 Å². The van der Waals surface area contributed by atoms with Gasteiger partial charge in [-0.05, 0) is 23.3 Å². The lowest BCUT2D eigenvalue weighted by Gasteiger charge is -2.16. The smallest absolute Gasteiger partial charge is 0.230 e. The van der Waals surface area contributed by atoms with Crippen molar-refractivity contribution in [2.75, 3.05) is 17.2 Å². The molecule has 1 atom stereocenters. The van der Waals surface area contributed by atoms with E-state index in [1.165, 1.54) is 17.8 Å². The molecule has 7 heteroatoms. The minimum atomic E-state index is -0.106. The second-order valence-corrected chi connectivity index (χ2v) is 6.59. The van der Waals surface area contributed by atoms with Crippen molar-refractivity contribution in [1.29, 1.82) is 0 Å². The standard InChI is InChI=1S/C18H19N5OS/c1-11(13-8-4-6-12-5-2-3-7-14(12)13)21-17(24)10-25-18-22-15(19)9-16(20)23-18/h2-9,11H,10H2,1H3,(H,21,24)(H4,19,20,22,23)/t11-/m0/s1. The van der Waals surface area contributed by atoms with Crippen LogP contribution in [0.25, 0.3) is 10.8 Å². The molecule has 0 aliphatic rings. The zero-order valence-electron chi connectivity index (χ0n) is 13.8. The summed E-state index contributed by atoms with van der Waals surface area (Å²) < 4.78 is 0. The monoisotopic (exact) mass is 353 g/mol. The first-order valence-electron chi connectivity index (χ1n) is 7.83. The largest absolute Gasteiger partial charge is 0.383 e. The maximum atomic E-state index is 12.3. The number of nitrogens with zero attached hydrogens (tertiary/aromatic N) is 2. The Bertz CT molecular complexity index is 889. The number of hydrogen-bond acceptors (Lipinski definition) is 6. The van der Waals surface area contributed by atoms with Crippen LogP contribution in [0.3, 0.4) is 0 Å². The van der Waals surface area contributed by atoms with E-state index in [-0.39, 0.29) is 17.7 Å². The molecule has 0 unspecified atom stereocenters. The Morgan fingerprint density at radius 2 is 1.80 bits per heavy atom. The number of nitrogens with two attached hydrogens (primary N) is 2. The number of aromatic nitrogens is 2. The van der Waals surface area contributed by atoms with Crippen molar-refractivity contribution in [2.24, 2.45) is 0 Å². The number of fused-ring (bicyclic) bond motifs is 1. The van der Waals surface area contributed by atoms with Gasteiger partial charge in [0.15, 0.2) is 5.16 Å². The third-order valence-corrected chi connectivity index (χ3v) is 4.59. The Morgan fingerprint density at radius 3 is 2.56 bits per heavy atom. The summed E-state index contributed by atoms with van der Waals surface area (Å²) in [5.41, 5.74) is 12.3. The maximum absolute atomic E-state index is 12.3. The molecular formula is C18H19N5OS. The van der Waals surface area contributed by atoms with Crippen molar-refractivity contribution >= 4 is 40.1 Å². The Balaban J connectivity index is 1.66. The summed E-state index contributed by atoms with van der Waals surface area (Å²) in [5, 5.41) is 5.69. The number of amides is 1. The van der Waals surface area contributed by atoms with Gasteiger partial charge in [0.25, 0.3) is 0 Å². The number of thioether (sulfide) groups is 1. The summed E-state index contributed by atoms with van der Waals surface area (Å²) in [7, 11) is 0. The summed E-state index contributed by atoms with van der Waals surface area (Å²) in [6.45, 7) is 1.97. The highest BCUT2D eigenvalue weighted by Crippen LogP contribution is 2.24. The summed E-state index contributed by atoms with van der Waals surface area (Å²) in [4.78, 5) is 20.4. The Morgan fingerprint density at radius 1 is 1.12 bits per heavy atom. The lowest BCUT2D eigenvalue weighted by Crippen LogP contribution is -2.28. The number of carbonyl (C=O) groups excluding carboxylic acids is 1. The van der Waals surface area contributed by atoms with E-state index in [4.69, 9.17) is 11.5 Å². The predicted octanol–water partition coefficient (Wildman–Crippen LogP) is 2.76. The van der Waals surface area contributed by atoms with Gasteiger partial charge >= 0.3 is 0 Å². The van der Waals surface area contributed by atoms with Gasteiger partial charge in [-0.25, -0.2) is 9.97 Å². The number of nitrogens with one attached hydrogen (secondary N) is 1. The topological polar surface area (TPSA) is 107 Å². The van der Waals surface area contributed by atoms with Crippen molar-refractivity contribution in [2.45, 2.75) is 18.1 Å².